The van der Waals surface area contributed by atoms with Crippen molar-refractivity contribution in [3.05, 3.63) is 22.4 Å². The van der Waals surface area contributed by atoms with Crippen LogP contribution in [-0.2, 0) is 0 Å². The van der Waals surface area contributed by atoms with E-state index in [9.17, 15) is 4.39 Å². The van der Waals surface area contributed by atoms with Crippen LogP contribution in [0, 0.1) is 5.82 Å². The monoisotopic (exact) mass is 315 g/mol. The van der Waals surface area contributed by atoms with Crippen molar-refractivity contribution in [2.45, 2.75) is 0 Å². The van der Waals surface area contributed by atoms with Crippen molar-refractivity contribution in [1.82, 2.24) is 10.2 Å². The number of anilines is 1. The summed E-state index contributed by atoms with van der Waals surface area (Å²) < 4.78 is 24.5. The van der Waals surface area contributed by atoms with Gasteiger partial charge in [-0.05, 0) is 22.0 Å². The second kappa shape index (κ2) is 4.85. The van der Waals surface area contributed by atoms with Crippen LogP contribution in [0.3, 0.4) is 0 Å². The zero-order valence-electron chi connectivity index (χ0n) is 9.75. The Hall–Kier alpha value is -1.76. The fourth-order valence-corrected chi connectivity index (χ4v) is 2.37. The Morgan fingerprint density at radius 2 is 1.94 bits per heavy atom. The number of hydrogen-bond acceptors (Lipinski definition) is 4. The molecule has 5 nitrogen and oxygen atoms in total. The maximum Gasteiger partial charge on any atom is 0.172 e. The summed E-state index contributed by atoms with van der Waals surface area (Å²) in [7, 11) is 2.87. The van der Waals surface area contributed by atoms with Crippen LogP contribution < -0.4 is 15.2 Å². The van der Waals surface area contributed by atoms with E-state index in [1.165, 1.54) is 20.3 Å². The van der Waals surface area contributed by atoms with Crippen molar-refractivity contribution in [3.63, 3.8) is 0 Å². The van der Waals surface area contributed by atoms with Crippen molar-refractivity contribution in [2.24, 2.45) is 0 Å². The van der Waals surface area contributed by atoms with Crippen LogP contribution in [-0.4, -0.2) is 24.4 Å². The molecule has 1 heterocycles. The minimum Gasteiger partial charge on any atom is -0.495 e. The molecule has 2 aromatic rings. The summed E-state index contributed by atoms with van der Waals surface area (Å²) in [6, 6.07) is 2.89. The number of ether oxygens (including phenoxy) is 2. The Kier molecular flexibility index (Phi) is 3.42. The smallest absolute Gasteiger partial charge is 0.172 e. The number of methoxy groups -OCH3 is 2. The molecule has 7 heteroatoms. The van der Waals surface area contributed by atoms with E-state index in [-0.39, 0.29) is 5.75 Å². The van der Waals surface area contributed by atoms with Crippen LogP contribution in [0.5, 0.6) is 11.5 Å². The number of nitrogen functional groups attached to an aromatic ring is 1. The quantitative estimate of drug-likeness (QED) is 0.913. The highest BCUT2D eigenvalue weighted by Crippen LogP contribution is 2.43. The van der Waals surface area contributed by atoms with Crippen LogP contribution in [0.2, 0.25) is 0 Å². The molecule has 0 atom stereocenters. The lowest BCUT2D eigenvalue weighted by Crippen LogP contribution is -1.96. The van der Waals surface area contributed by atoms with Gasteiger partial charge in [-0.25, -0.2) is 4.39 Å². The number of H-pyrrole nitrogens is 1. The third kappa shape index (κ3) is 2.01. The average molecular weight is 316 g/mol. The molecule has 96 valence electrons. The number of nitrogens with one attached hydrogen (secondary N) is 1. The molecule has 0 saturated heterocycles. The van der Waals surface area contributed by atoms with Crippen LogP contribution in [0.15, 0.2) is 16.6 Å². The molecule has 0 aliphatic carbocycles. The van der Waals surface area contributed by atoms with E-state index in [0.29, 0.717) is 27.3 Å². The van der Waals surface area contributed by atoms with Gasteiger partial charge >= 0.3 is 0 Å². The zero-order valence-corrected chi connectivity index (χ0v) is 11.3. The first-order chi connectivity index (χ1) is 8.58. The zero-order chi connectivity index (χ0) is 13.3. The molecule has 0 aliphatic heterocycles. The van der Waals surface area contributed by atoms with Crippen LogP contribution in [0.25, 0.3) is 11.3 Å². The molecule has 18 heavy (non-hydrogen) atoms. The molecule has 0 aliphatic rings. The Morgan fingerprint density at radius 1 is 1.28 bits per heavy atom. The van der Waals surface area contributed by atoms with Crippen molar-refractivity contribution in [3.8, 4) is 22.8 Å². The molecule has 0 fully saturated rings. The van der Waals surface area contributed by atoms with Gasteiger partial charge < -0.3 is 15.2 Å². The highest BCUT2D eigenvalue weighted by molar-refractivity contribution is 9.10. The predicted molar refractivity (Wildman–Crippen MR) is 69.2 cm³/mol. The molecule has 1 aromatic heterocycles. The van der Waals surface area contributed by atoms with Gasteiger partial charge in [0.1, 0.15) is 16.0 Å². The Balaban J connectivity index is 2.68. The van der Waals surface area contributed by atoms with Crippen LogP contribution >= 0.6 is 15.9 Å². The van der Waals surface area contributed by atoms with E-state index in [0.717, 1.165) is 0 Å². The summed E-state index contributed by atoms with van der Waals surface area (Å²) in [5.74, 6) is 0.340. The second-order valence-corrected chi connectivity index (χ2v) is 4.29. The lowest BCUT2D eigenvalue weighted by Gasteiger charge is -2.13. The van der Waals surface area contributed by atoms with E-state index in [4.69, 9.17) is 15.2 Å². The Labute approximate surface area is 111 Å². The van der Waals surface area contributed by atoms with E-state index in [1.54, 1.807) is 6.07 Å². The number of halogens is 2. The number of aromatic amines is 1. The number of nitrogens with zero attached hydrogens (tertiary/aromatic N) is 1. The normalized spacial score (nSPS) is 10.4. The first-order valence-electron chi connectivity index (χ1n) is 4.99. The first-order valence-corrected chi connectivity index (χ1v) is 5.79. The average Bonchev–Trinajstić information content (AvgIpc) is 2.75. The van der Waals surface area contributed by atoms with Crippen molar-refractivity contribution >= 4 is 21.7 Å². The largest absolute Gasteiger partial charge is 0.495 e. The van der Waals surface area contributed by atoms with Gasteiger partial charge in [0.2, 0.25) is 0 Å². The lowest BCUT2D eigenvalue weighted by atomic mass is 10.1. The van der Waals surface area contributed by atoms with E-state index >= 15 is 0 Å². The minimum absolute atomic E-state index is 0.0862. The predicted octanol–water partition coefficient (Wildman–Crippen LogP) is 2.58. The third-order valence-electron chi connectivity index (χ3n) is 2.43. The van der Waals surface area contributed by atoms with Crippen LogP contribution in [0.4, 0.5) is 10.2 Å². The molecule has 0 saturated carbocycles. The molecule has 0 unspecified atom stereocenters. The van der Waals surface area contributed by atoms with Gasteiger partial charge in [0, 0.05) is 11.6 Å². The highest BCUT2D eigenvalue weighted by Gasteiger charge is 2.20. The van der Waals surface area contributed by atoms with Crippen molar-refractivity contribution < 1.29 is 13.9 Å². The number of benzene rings is 1. The summed E-state index contributed by atoms with van der Waals surface area (Å²) in [6.45, 7) is 0. The van der Waals surface area contributed by atoms with Crippen LogP contribution in [0.1, 0.15) is 0 Å². The van der Waals surface area contributed by atoms with E-state index in [2.05, 4.69) is 26.1 Å². The minimum atomic E-state index is -0.506. The van der Waals surface area contributed by atoms with Gasteiger partial charge in [-0.2, -0.15) is 5.10 Å². The number of aromatic nitrogens is 2. The first kappa shape index (κ1) is 12.7. The van der Waals surface area contributed by atoms with Crippen molar-refractivity contribution in [1.29, 1.82) is 0 Å². The Bertz CT molecular complexity index is 586. The Morgan fingerprint density at radius 3 is 2.44 bits per heavy atom. The second-order valence-electron chi connectivity index (χ2n) is 3.49. The maximum absolute atomic E-state index is 13.8. The SMILES string of the molecule is COc1c(F)cc(-c2cc(N)n[nH]2)c(OC)c1Br. The summed E-state index contributed by atoms with van der Waals surface area (Å²) in [4.78, 5) is 0. The van der Waals surface area contributed by atoms with E-state index < -0.39 is 5.82 Å². The molecule has 3 N–H and O–H groups in total. The molecule has 2 rings (SSSR count). The third-order valence-corrected chi connectivity index (χ3v) is 3.15. The van der Waals surface area contributed by atoms with Gasteiger partial charge in [-0.15, -0.1) is 0 Å². The molecule has 0 radical (unpaired) electrons. The summed E-state index contributed by atoms with van der Waals surface area (Å²) in [5, 5.41) is 6.50. The van der Waals surface area contributed by atoms with E-state index in [1.807, 2.05) is 0 Å². The maximum atomic E-state index is 13.8. The fraction of sp³-hybridized carbons (Fsp3) is 0.182. The van der Waals surface area contributed by atoms with Gasteiger partial charge in [-0.3, -0.25) is 5.10 Å². The molecular weight excluding hydrogens is 305 g/mol. The number of nitrogens with two attached hydrogens (primary N) is 1. The molecule has 1 aromatic carbocycles. The molecule has 0 bridgehead atoms. The number of hydrogen-bond donors (Lipinski definition) is 2. The standard InChI is InChI=1S/C11H11BrFN3O2/c1-17-10-5(7-4-8(14)16-15-7)3-6(13)11(18-2)9(10)12/h3-4H,1-2H3,(H3,14,15,16). The molecular formula is C11H11BrFN3O2. The lowest BCUT2D eigenvalue weighted by molar-refractivity contribution is 0.370. The highest BCUT2D eigenvalue weighted by atomic mass is 79.9. The van der Waals surface area contributed by atoms with Gasteiger partial charge in [0.05, 0.1) is 19.9 Å². The fourth-order valence-electron chi connectivity index (χ4n) is 1.65. The summed E-state index contributed by atoms with van der Waals surface area (Å²) in [5.41, 5.74) is 6.59. The van der Waals surface area contributed by atoms with Gasteiger partial charge in [-0.1, -0.05) is 0 Å². The summed E-state index contributed by atoms with van der Waals surface area (Å²) >= 11 is 3.25. The van der Waals surface area contributed by atoms with Gasteiger partial charge in [0.25, 0.3) is 0 Å². The summed E-state index contributed by atoms with van der Waals surface area (Å²) in [6.07, 6.45) is 0. The van der Waals surface area contributed by atoms with Crippen molar-refractivity contribution in [2.75, 3.05) is 20.0 Å². The topological polar surface area (TPSA) is 73.2 Å². The number of rotatable bonds is 3. The van der Waals surface area contributed by atoms with Gasteiger partial charge in [0.15, 0.2) is 11.6 Å². The molecule has 0 spiro atoms. The molecule has 0 amide bonds.